The fourth-order valence-corrected chi connectivity index (χ4v) is 4.23. The van der Waals surface area contributed by atoms with Crippen LogP contribution in [0.1, 0.15) is 67.5 Å². The smallest absolute Gasteiger partial charge is 0.286 e. The second kappa shape index (κ2) is 10.3. The van der Waals surface area contributed by atoms with Crippen molar-refractivity contribution in [3.63, 3.8) is 0 Å². The molecule has 2 heterocycles. The van der Waals surface area contributed by atoms with E-state index in [2.05, 4.69) is 10.4 Å². The summed E-state index contributed by atoms with van der Waals surface area (Å²) in [5.74, 6) is -0.214. The van der Waals surface area contributed by atoms with Gasteiger partial charge in [0, 0.05) is 23.7 Å². The summed E-state index contributed by atoms with van der Waals surface area (Å²) in [5.41, 5.74) is 5.55. The quantitative estimate of drug-likeness (QED) is 0.717. The van der Waals surface area contributed by atoms with E-state index in [1.54, 1.807) is 6.20 Å². The maximum Gasteiger partial charge on any atom is 0.286 e. The van der Waals surface area contributed by atoms with Crippen molar-refractivity contribution in [1.29, 1.82) is 0 Å². The molecule has 0 unspecified atom stereocenters. The van der Waals surface area contributed by atoms with Crippen molar-refractivity contribution < 1.29 is 9.53 Å². The summed E-state index contributed by atoms with van der Waals surface area (Å²) in [5, 5.41) is 2.65. The Balaban J connectivity index is 1.54. The number of hydrogen-bond acceptors (Lipinski definition) is 5. The van der Waals surface area contributed by atoms with Crippen LogP contribution in [0, 0.1) is 0 Å². The van der Waals surface area contributed by atoms with Gasteiger partial charge >= 0.3 is 0 Å². The Morgan fingerprint density at radius 2 is 1.77 bits per heavy atom. The Bertz CT molecular complexity index is 847. The van der Waals surface area contributed by atoms with Gasteiger partial charge in [-0.15, -0.1) is 0 Å². The molecule has 7 heteroatoms. The third-order valence-corrected chi connectivity index (χ3v) is 6.08. The molecule has 2 fully saturated rings. The highest BCUT2D eigenvalue weighted by Crippen LogP contribution is 2.24. The molecule has 1 saturated carbocycles. The predicted octanol–water partition coefficient (Wildman–Crippen LogP) is 4.78. The Morgan fingerprint density at radius 1 is 1.07 bits per heavy atom. The Hall–Kier alpha value is -2.02. The van der Waals surface area contributed by atoms with E-state index in [4.69, 9.17) is 21.3 Å². The van der Waals surface area contributed by atoms with E-state index in [9.17, 15) is 4.79 Å². The number of nitrogens with one attached hydrogen (secondary N) is 1. The van der Waals surface area contributed by atoms with Crippen molar-refractivity contribution >= 4 is 17.5 Å². The Labute approximate surface area is 183 Å². The van der Waals surface area contributed by atoms with Crippen molar-refractivity contribution in [3.05, 3.63) is 46.9 Å². The van der Waals surface area contributed by atoms with Crippen molar-refractivity contribution in [2.75, 3.05) is 13.1 Å². The number of halogens is 1. The second-order valence-electron chi connectivity index (χ2n) is 8.12. The van der Waals surface area contributed by atoms with Crippen LogP contribution in [0.3, 0.4) is 0 Å². The fourth-order valence-electron chi connectivity index (χ4n) is 4.11. The van der Waals surface area contributed by atoms with E-state index in [0.717, 1.165) is 44.3 Å². The summed E-state index contributed by atoms with van der Waals surface area (Å²) in [6, 6.07) is 7.47. The normalized spacial score (nSPS) is 18.3. The molecule has 0 spiro atoms. The first-order chi connectivity index (χ1) is 14.7. The third-order valence-electron chi connectivity index (χ3n) is 5.82. The number of carbonyl (C=O) groups is 1. The van der Waals surface area contributed by atoms with Crippen LogP contribution in [-0.2, 0) is 11.3 Å². The number of carbonyl (C=O) groups excluding carboxylic acids is 1. The lowest BCUT2D eigenvalue weighted by Gasteiger charge is -2.27. The molecule has 4 rings (SSSR count). The molecule has 1 aromatic heterocycles. The SMILES string of the molecule is O=C(NN1CCCCC1)c1ncc(-c2ccc(Cl)cc2)nc1COC1CCCCC1. The van der Waals surface area contributed by atoms with Gasteiger partial charge in [0.05, 0.1) is 30.3 Å². The van der Waals surface area contributed by atoms with Gasteiger partial charge in [0.25, 0.3) is 5.91 Å². The summed E-state index contributed by atoms with van der Waals surface area (Å²) in [6.07, 6.45) is 11.1. The number of amides is 1. The largest absolute Gasteiger partial charge is 0.372 e. The minimum Gasteiger partial charge on any atom is -0.372 e. The van der Waals surface area contributed by atoms with Crippen LogP contribution in [0.2, 0.25) is 5.02 Å². The molecule has 1 aliphatic carbocycles. The highest BCUT2D eigenvalue weighted by Gasteiger charge is 2.21. The molecule has 2 aromatic rings. The zero-order valence-corrected chi connectivity index (χ0v) is 18.0. The predicted molar refractivity (Wildman–Crippen MR) is 117 cm³/mol. The minimum absolute atomic E-state index is 0.214. The Kier molecular flexibility index (Phi) is 7.31. The Morgan fingerprint density at radius 3 is 2.50 bits per heavy atom. The van der Waals surface area contributed by atoms with Crippen LogP contribution in [-0.4, -0.2) is 40.1 Å². The molecule has 1 saturated heterocycles. The second-order valence-corrected chi connectivity index (χ2v) is 8.55. The average Bonchev–Trinajstić information content (AvgIpc) is 2.79. The van der Waals surface area contributed by atoms with Crippen molar-refractivity contribution in [2.24, 2.45) is 0 Å². The van der Waals surface area contributed by atoms with Crippen molar-refractivity contribution in [3.8, 4) is 11.3 Å². The van der Waals surface area contributed by atoms with Crippen LogP contribution >= 0.6 is 11.6 Å². The van der Waals surface area contributed by atoms with Gasteiger partial charge < -0.3 is 4.74 Å². The van der Waals surface area contributed by atoms with Crippen LogP contribution in [0.25, 0.3) is 11.3 Å². The summed E-state index contributed by atoms with van der Waals surface area (Å²) in [7, 11) is 0. The maximum atomic E-state index is 12.9. The number of benzene rings is 1. The minimum atomic E-state index is -0.214. The van der Waals surface area contributed by atoms with Crippen LogP contribution in [0.15, 0.2) is 30.5 Å². The number of ether oxygens (including phenoxy) is 1. The summed E-state index contributed by atoms with van der Waals surface area (Å²) >= 11 is 6.01. The van der Waals surface area contributed by atoms with Crippen LogP contribution in [0.5, 0.6) is 0 Å². The molecule has 1 amide bonds. The highest BCUT2D eigenvalue weighted by molar-refractivity contribution is 6.30. The standard InChI is InChI=1S/C23H29ClN4O2/c24-18-11-9-17(10-12-18)20-15-25-22(23(29)27-28-13-5-2-6-14-28)21(26-20)16-30-19-7-3-1-4-8-19/h9-12,15,19H,1-8,13-14,16H2,(H,27,29). The highest BCUT2D eigenvalue weighted by atomic mass is 35.5. The summed E-state index contributed by atoms with van der Waals surface area (Å²) in [6.45, 7) is 2.04. The van der Waals surface area contributed by atoms with Crippen LogP contribution in [0.4, 0.5) is 0 Å². The molecule has 0 atom stereocenters. The maximum absolute atomic E-state index is 12.9. The monoisotopic (exact) mass is 428 g/mol. The van der Waals surface area contributed by atoms with Gasteiger partial charge in [-0.2, -0.15) is 0 Å². The summed E-state index contributed by atoms with van der Waals surface area (Å²) < 4.78 is 6.14. The molecule has 1 N–H and O–H groups in total. The zero-order chi connectivity index (χ0) is 20.8. The van der Waals surface area contributed by atoms with E-state index >= 15 is 0 Å². The van der Waals surface area contributed by atoms with Gasteiger partial charge in [0.1, 0.15) is 0 Å². The van der Waals surface area contributed by atoms with E-state index < -0.39 is 0 Å². The molecule has 1 aromatic carbocycles. The first kappa shape index (κ1) is 21.2. The van der Waals surface area contributed by atoms with Gasteiger partial charge in [0.2, 0.25) is 0 Å². The molecular formula is C23H29ClN4O2. The number of aromatic nitrogens is 2. The lowest BCUT2D eigenvalue weighted by atomic mass is 9.98. The molecule has 160 valence electrons. The first-order valence-electron chi connectivity index (χ1n) is 11.0. The van der Waals surface area contributed by atoms with E-state index in [0.29, 0.717) is 28.7 Å². The van der Waals surface area contributed by atoms with Crippen LogP contribution < -0.4 is 5.43 Å². The van der Waals surface area contributed by atoms with Crippen molar-refractivity contribution in [1.82, 2.24) is 20.4 Å². The molecule has 30 heavy (non-hydrogen) atoms. The number of nitrogens with zero attached hydrogens (tertiary/aromatic N) is 3. The summed E-state index contributed by atoms with van der Waals surface area (Å²) in [4.78, 5) is 22.2. The van der Waals surface area contributed by atoms with Gasteiger partial charge in [-0.1, -0.05) is 49.4 Å². The first-order valence-corrected chi connectivity index (χ1v) is 11.4. The number of hydrogen-bond donors (Lipinski definition) is 1. The van der Waals surface area contributed by atoms with E-state index in [1.165, 1.54) is 25.7 Å². The van der Waals surface area contributed by atoms with Gasteiger partial charge in [-0.05, 0) is 37.8 Å². The average molecular weight is 429 g/mol. The lowest BCUT2D eigenvalue weighted by molar-refractivity contribution is 0.0146. The topological polar surface area (TPSA) is 67.4 Å². The van der Waals surface area contributed by atoms with E-state index in [-0.39, 0.29) is 12.0 Å². The molecule has 1 aliphatic heterocycles. The molecule has 2 aliphatic rings. The van der Waals surface area contributed by atoms with Gasteiger partial charge in [-0.25, -0.2) is 15.0 Å². The lowest BCUT2D eigenvalue weighted by Crippen LogP contribution is -2.45. The van der Waals surface area contributed by atoms with E-state index in [1.807, 2.05) is 29.3 Å². The third kappa shape index (κ3) is 5.56. The zero-order valence-electron chi connectivity index (χ0n) is 17.3. The molecule has 0 bridgehead atoms. The number of rotatable bonds is 6. The molecular weight excluding hydrogens is 400 g/mol. The molecule has 6 nitrogen and oxygen atoms in total. The molecule has 0 radical (unpaired) electrons. The van der Waals surface area contributed by atoms with Gasteiger partial charge in [-0.3, -0.25) is 10.2 Å². The number of piperidine rings is 1. The fraction of sp³-hybridized carbons (Fsp3) is 0.522. The number of hydrazine groups is 1. The van der Waals surface area contributed by atoms with Gasteiger partial charge in [0.15, 0.2) is 5.69 Å². The van der Waals surface area contributed by atoms with Crippen molar-refractivity contribution in [2.45, 2.75) is 64.1 Å².